The van der Waals surface area contributed by atoms with Gasteiger partial charge >= 0.3 is 0 Å². The Kier molecular flexibility index (Phi) is 4.87. The molecule has 166 valence electrons. The molecule has 1 unspecified atom stereocenters. The van der Waals surface area contributed by atoms with Crippen molar-refractivity contribution in [2.45, 2.75) is 38.3 Å². The predicted molar refractivity (Wildman–Crippen MR) is 119 cm³/mol. The maximum absolute atomic E-state index is 14.7. The fourth-order valence-electron chi connectivity index (χ4n) is 5.12. The lowest BCUT2D eigenvalue weighted by Crippen LogP contribution is -2.63. The summed E-state index contributed by atoms with van der Waals surface area (Å²) in [7, 11) is 0. The first-order chi connectivity index (χ1) is 15.4. The number of hydrogen-bond acceptors (Lipinski definition) is 4. The van der Waals surface area contributed by atoms with Crippen LogP contribution in [-0.4, -0.2) is 47.9 Å². The molecule has 1 N–H and O–H groups in total. The highest BCUT2D eigenvalue weighted by Gasteiger charge is 2.53. The van der Waals surface area contributed by atoms with Crippen LogP contribution >= 0.6 is 0 Å². The van der Waals surface area contributed by atoms with E-state index in [0.717, 1.165) is 25.9 Å². The second kappa shape index (κ2) is 7.62. The molecule has 0 saturated carbocycles. The summed E-state index contributed by atoms with van der Waals surface area (Å²) in [5, 5.41) is 2.70. The Bertz CT molecular complexity index is 1110. The molecule has 32 heavy (non-hydrogen) atoms. The minimum atomic E-state index is -0.938. The number of benzene rings is 2. The smallest absolute Gasteiger partial charge is 0.258 e. The van der Waals surface area contributed by atoms with Crippen LogP contribution < -0.4 is 15.1 Å². The van der Waals surface area contributed by atoms with E-state index in [1.54, 1.807) is 48.2 Å². The van der Waals surface area contributed by atoms with E-state index >= 15 is 0 Å². The molecule has 3 heterocycles. The van der Waals surface area contributed by atoms with E-state index in [1.807, 2.05) is 0 Å². The number of halogens is 1. The van der Waals surface area contributed by atoms with Gasteiger partial charge in [-0.25, -0.2) is 4.39 Å². The van der Waals surface area contributed by atoms with E-state index in [1.165, 1.54) is 11.0 Å². The van der Waals surface area contributed by atoms with Gasteiger partial charge in [-0.1, -0.05) is 18.2 Å². The number of rotatable bonds is 4. The highest BCUT2D eigenvalue weighted by atomic mass is 19.1. The summed E-state index contributed by atoms with van der Waals surface area (Å²) in [5.74, 6) is -1.40. The summed E-state index contributed by atoms with van der Waals surface area (Å²) in [4.78, 5) is 44.2. The molecule has 5 rings (SSSR count). The van der Waals surface area contributed by atoms with E-state index in [-0.39, 0.29) is 24.0 Å². The number of nitrogens with one attached hydrogen (secondary N) is 1. The van der Waals surface area contributed by atoms with Crippen molar-refractivity contribution in [3.05, 3.63) is 53.8 Å². The number of hydrogen-bond donors (Lipinski definition) is 1. The predicted octanol–water partition coefficient (Wildman–Crippen LogP) is 3.36. The summed E-state index contributed by atoms with van der Waals surface area (Å²) in [5.41, 5.74) is 0.803. The van der Waals surface area contributed by atoms with E-state index in [4.69, 9.17) is 0 Å². The van der Waals surface area contributed by atoms with Gasteiger partial charge in [-0.3, -0.25) is 19.3 Å². The van der Waals surface area contributed by atoms with Crippen molar-refractivity contribution in [2.24, 2.45) is 0 Å². The molecule has 3 amide bonds. The van der Waals surface area contributed by atoms with Gasteiger partial charge in [0.15, 0.2) is 0 Å². The Balaban J connectivity index is 1.44. The van der Waals surface area contributed by atoms with Crippen molar-refractivity contribution >= 4 is 34.8 Å². The van der Waals surface area contributed by atoms with Crippen molar-refractivity contribution < 1.29 is 18.8 Å². The van der Waals surface area contributed by atoms with Crippen LogP contribution in [0.2, 0.25) is 0 Å². The van der Waals surface area contributed by atoms with Crippen molar-refractivity contribution in [3.63, 3.8) is 0 Å². The fraction of sp³-hybridized carbons (Fsp3) is 0.375. The molecule has 2 aromatic rings. The van der Waals surface area contributed by atoms with E-state index in [0.29, 0.717) is 29.8 Å². The largest absolute Gasteiger partial charge is 0.370 e. The molecule has 0 aromatic heterocycles. The zero-order valence-electron chi connectivity index (χ0n) is 17.9. The minimum absolute atomic E-state index is 0.0803. The topological polar surface area (TPSA) is 73.0 Å². The van der Waals surface area contributed by atoms with Crippen molar-refractivity contribution in [1.29, 1.82) is 0 Å². The zero-order chi connectivity index (χ0) is 22.5. The molecule has 0 aliphatic carbocycles. The number of para-hydroxylation sites is 2. The van der Waals surface area contributed by atoms with Crippen LogP contribution in [0, 0.1) is 5.82 Å². The van der Waals surface area contributed by atoms with E-state index < -0.39 is 17.4 Å². The first-order valence-electron chi connectivity index (χ1n) is 11.0. The maximum atomic E-state index is 14.7. The molecule has 0 bridgehead atoms. The van der Waals surface area contributed by atoms with Crippen LogP contribution in [0.1, 0.15) is 43.0 Å². The number of carbonyl (C=O) groups excluding carboxylic acids is 3. The van der Waals surface area contributed by atoms with Gasteiger partial charge in [0, 0.05) is 19.5 Å². The third kappa shape index (κ3) is 3.13. The van der Waals surface area contributed by atoms with Gasteiger partial charge in [0.2, 0.25) is 11.8 Å². The van der Waals surface area contributed by atoms with Gasteiger partial charge in [-0.15, -0.1) is 0 Å². The molecule has 7 nitrogen and oxygen atoms in total. The Morgan fingerprint density at radius 2 is 1.78 bits per heavy atom. The fourth-order valence-corrected chi connectivity index (χ4v) is 5.12. The quantitative estimate of drug-likeness (QED) is 0.798. The summed E-state index contributed by atoms with van der Waals surface area (Å²) in [6.45, 7) is 3.14. The van der Waals surface area contributed by atoms with Crippen LogP contribution in [0.5, 0.6) is 0 Å². The Hall–Kier alpha value is -3.42. The van der Waals surface area contributed by atoms with Crippen LogP contribution in [0.15, 0.2) is 42.5 Å². The molecule has 2 saturated heterocycles. The number of anilines is 3. The summed E-state index contributed by atoms with van der Waals surface area (Å²) in [6, 6.07) is 11.7. The molecule has 3 aliphatic heterocycles. The lowest BCUT2D eigenvalue weighted by atomic mass is 9.98. The number of amides is 3. The van der Waals surface area contributed by atoms with E-state index in [9.17, 15) is 18.8 Å². The van der Waals surface area contributed by atoms with Crippen LogP contribution in [0.4, 0.5) is 21.5 Å². The lowest BCUT2D eigenvalue weighted by Gasteiger charge is -2.48. The first kappa shape index (κ1) is 20.5. The molecule has 2 fully saturated rings. The molecule has 0 radical (unpaired) electrons. The molecular weight excluding hydrogens is 411 g/mol. The van der Waals surface area contributed by atoms with Gasteiger partial charge in [-0.2, -0.15) is 0 Å². The molecule has 1 atom stereocenters. The SMILES string of the molecule is CC12CCC(=O)N1c1ccccc1C(=O)N2CC(=O)Nc1c(F)cccc1N1CCCC1. The molecule has 3 aliphatic rings. The summed E-state index contributed by atoms with van der Waals surface area (Å²) >= 11 is 0. The molecule has 0 spiro atoms. The second-order valence-corrected chi connectivity index (χ2v) is 8.73. The van der Waals surface area contributed by atoms with Crippen LogP contribution in [0.25, 0.3) is 0 Å². The minimum Gasteiger partial charge on any atom is -0.370 e. The average molecular weight is 436 g/mol. The van der Waals surface area contributed by atoms with Crippen LogP contribution in [-0.2, 0) is 9.59 Å². The monoisotopic (exact) mass is 436 g/mol. The first-order valence-corrected chi connectivity index (χ1v) is 11.0. The highest BCUT2D eigenvalue weighted by Crippen LogP contribution is 2.44. The maximum Gasteiger partial charge on any atom is 0.258 e. The number of fused-ring (bicyclic) bond motifs is 3. The zero-order valence-corrected chi connectivity index (χ0v) is 17.9. The summed E-state index contributed by atoms with van der Waals surface area (Å²) < 4.78 is 14.7. The van der Waals surface area contributed by atoms with Gasteiger partial charge in [0.25, 0.3) is 5.91 Å². The van der Waals surface area contributed by atoms with E-state index in [2.05, 4.69) is 10.2 Å². The van der Waals surface area contributed by atoms with Crippen molar-refractivity contribution in [2.75, 3.05) is 34.8 Å². The normalized spacial score (nSPS) is 22.2. The Labute approximate surface area is 185 Å². The van der Waals surface area contributed by atoms with Gasteiger partial charge in [-0.05, 0) is 50.5 Å². The molecule has 2 aromatic carbocycles. The van der Waals surface area contributed by atoms with Crippen molar-refractivity contribution in [3.8, 4) is 0 Å². The van der Waals surface area contributed by atoms with Gasteiger partial charge in [0.1, 0.15) is 23.7 Å². The Morgan fingerprint density at radius 3 is 2.56 bits per heavy atom. The average Bonchev–Trinajstić information content (AvgIpc) is 3.41. The molecule has 8 heteroatoms. The van der Waals surface area contributed by atoms with Gasteiger partial charge in [0.05, 0.1) is 16.9 Å². The van der Waals surface area contributed by atoms with Gasteiger partial charge < -0.3 is 15.1 Å². The van der Waals surface area contributed by atoms with Crippen molar-refractivity contribution in [1.82, 2.24) is 4.90 Å². The standard InChI is InChI=1S/C24H25FN4O3/c1-24-12-11-21(31)29(24)18-9-3-2-7-16(18)23(32)28(24)15-20(30)26-22-17(25)8-6-10-19(22)27-13-4-5-14-27/h2-3,6-10H,4-5,11-15H2,1H3,(H,26,30). The third-order valence-electron chi connectivity index (χ3n) is 6.75. The lowest BCUT2D eigenvalue weighted by molar-refractivity contribution is -0.120. The third-order valence-corrected chi connectivity index (χ3v) is 6.75. The molecular formula is C24H25FN4O3. The summed E-state index contributed by atoms with van der Waals surface area (Å²) in [6.07, 6.45) is 2.77. The number of carbonyl (C=O) groups is 3. The van der Waals surface area contributed by atoms with Crippen LogP contribution in [0.3, 0.4) is 0 Å². The Morgan fingerprint density at radius 1 is 1.06 bits per heavy atom. The highest BCUT2D eigenvalue weighted by molar-refractivity contribution is 6.11. The number of nitrogens with zero attached hydrogens (tertiary/aromatic N) is 3. The second-order valence-electron chi connectivity index (χ2n) is 8.73.